The Bertz CT molecular complexity index is 703. The van der Waals surface area contributed by atoms with Crippen molar-refractivity contribution in [2.75, 3.05) is 23.8 Å². The van der Waals surface area contributed by atoms with E-state index in [1.54, 1.807) is 12.1 Å². The first kappa shape index (κ1) is 13.9. The third-order valence-electron chi connectivity index (χ3n) is 3.22. The lowest BCUT2D eigenvalue weighted by molar-refractivity contribution is 0.102. The van der Waals surface area contributed by atoms with Gasteiger partial charge >= 0.3 is 0 Å². The number of aryl methyl sites for hydroxylation is 1. The predicted molar refractivity (Wildman–Crippen MR) is 85.1 cm³/mol. The molecule has 1 aromatic carbocycles. The van der Waals surface area contributed by atoms with Crippen LogP contribution >= 0.6 is 15.9 Å². The van der Waals surface area contributed by atoms with Gasteiger partial charge in [0.05, 0.1) is 22.6 Å². The fourth-order valence-corrected chi connectivity index (χ4v) is 2.60. The molecule has 6 heteroatoms. The number of nitrogens with one attached hydrogen (secondary N) is 2. The molecular weight excluding hydrogens is 334 g/mol. The summed E-state index contributed by atoms with van der Waals surface area (Å²) in [6.07, 6.45) is 0. The van der Waals surface area contributed by atoms with Gasteiger partial charge in [-0.2, -0.15) is 0 Å². The lowest BCUT2D eigenvalue weighted by atomic mass is 10.1. The zero-order chi connectivity index (χ0) is 14.8. The Morgan fingerprint density at radius 1 is 1.38 bits per heavy atom. The number of nitrogens with zero attached hydrogens (tertiary/aromatic N) is 1. The smallest absolute Gasteiger partial charge is 0.259 e. The van der Waals surface area contributed by atoms with E-state index in [9.17, 15) is 4.79 Å². The van der Waals surface area contributed by atoms with Crippen LogP contribution in [0.5, 0.6) is 5.75 Å². The lowest BCUT2D eigenvalue weighted by Gasteiger charge is -2.21. The van der Waals surface area contributed by atoms with Gasteiger partial charge in [-0.25, -0.2) is 4.98 Å². The number of ether oxygens (including phenoxy) is 1. The molecule has 0 aliphatic carbocycles. The van der Waals surface area contributed by atoms with E-state index in [-0.39, 0.29) is 5.91 Å². The first-order chi connectivity index (χ1) is 10.1. The van der Waals surface area contributed by atoms with Crippen molar-refractivity contribution in [3.8, 4) is 5.75 Å². The van der Waals surface area contributed by atoms with Crippen molar-refractivity contribution in [3.63, 3.8) is 0 Å². The Labute approximate surface area is 130 Å². The average molecular weight is 348 g/mol. The van der Waals surface area contributed by atoms with Crippen LogP contribution in [0.15, 0.2) is 34.9 Å². The molecule has 3 rings (SSSR count). The van der Waals surface area contributed by atoms with E-state index in [4.69, 9.17) is 4.74 Å². The first-order valence-corrected chi connectivity index (χ1v) is 7.38. The number of anilines is 2. The molecule has 2 heterocycles. The zero-order valence-corrected chi connectivity index (χ0v) is 13.0. The number of rotatable bonds is 2. The molecule has 0 bridgehead atoms. The maximum absolute atomic E-state index is 12.5. The van der Waals surface area contributed by atoms with Crippen LogP contribution in [-0.2, 0) is 0 Å². The Hall–Kier alpha value is -2.08. The molecule has 0 saturated heterocycles. The number of halogens is 1. The molecule has 2 aromatic rings. The van der Waals surface area contributed by atoms with Gasteiger partial charge in [0.1, 0.15) is 11.2 Å². The number of amides is 1. The molecular formula is C15H14BrN3O2. The van der Waals surface area contributed by atoms with Crippen molar-refractivity contribution in [3.05, 3.63) is 46.2 Å². The molecule has 0 spiro atoms. The number of carbonyl (C=O) groups is 1. The molecule has 1 amide bonds. The van der Waals surface area contributed by atoms with E-state index in [1.807, 2.05) is 25.1 Å². The Balaban J connectivity index is 1.89. The number of hydrogen-bond donors (Lipinski definition) is 2. The van der Waals surface area contributed by atoms with Gasteiger partial charge in [0, 0.05) is 6.54 Å². The number of carbonyl (C=O) groups excluding carboxylic acids is 1. The largest absolute Gasteiger partial charge is 0.489 e. The Morgan fingerprint density at radius 3 is 3.05 bits per heavy atom. The Kier molecular flexibility index (Phi) is 3.79. The van der Waals surface area contributed by atoms with Crippen molar-refractivity contribution in [1.29, 1.82) is 0 Å². The van der Waals surface area contributed by atoms with Gasteiger partial charge in [-0.3, -0.25) is 4.79 Å². The molecule has 0 unspecified atom stereocenters. The van der Waals surface area contributed by atoms with Crippen molar-refractivity contribution in [1.82, 2.24) is 4.98 Å². The quantitative estimate of drug-likeness (QED) is 0.818. The van der Waals surface area contributed by atoms with Crippen LogP contribution in [0.2, 0.25) is 0 Å². The van der Waals surface area contributed by atoms with E-state index in [1.165, 1.54) is 0 Å². The summed E-state index contributed by atoms with van der Waals surface area (Å²) >= 11 is 3.30. The predicted octanol–water partition coefficient (Wildman–Crippen LogP) is 3.21. The van der Waals surface area contributed by atoms with Crippen LogP contribution in [0, 0.1) is 6.92 Å². The topological polar surface area (TPSA) is 63.2 Å². The van der Waals surface area contributed by atoms with Crippen LogP contribution in [0.4, 0.5) is 11.4 Å². The van der Waals surface area contributed by atoms with Gasteiger partial charge in [0.2, 0.25) is 0 Å². The van der Waals surface area contributed by atoms with Crippen molar-refractivity contribution in [2.45, 2.75) is 6.92 Å². The van der Waals surface area contributed by atoms with Crippen LogP contribution in [0.3, 0.4) is 0 Å². The second kappa shape index (κ2) is 5.73. The van der Waals surface area contributed by atoms with E-state index in [2.05, 4.69) is 31.5 Å². The monoisotopic (exact) mass is 347 g/mol. The molecule has 108 valence electrons. The zero-order valence-electron chi connectivity index (χ0n) is 11.4. The molecule has 1 aliphatic rings. The molecule has 0 radical (unpaired) electrons. The molecule has 5 nitrogen and oxygen atoms in total. The number of pyridine rings is 1. The van der Waals surface area contributed by atoms with E-state index < -0.39 is 0 Å². The van der Waals surface area contributed by atoms with Gasteiger partial charge in [-0.15, -0.1) is 0 Å². The van der Waals surface area contributed by atoms with E-state index in [0.717, 1.165) is 22.5 Å². The van der Waals surface area contributed by atoms with Crippen molar-refractivity contribution >= 4 is 33.2 Å². The minimum absolute atomic E-state index is 0.206. The minimum atomic E-state index is -0.206. The standard InChI is InChI=1S/C15H14BrN3O2/c1-9-11(5-6-13(16)18-9)19-15(20)10-3-2-4-12-14(10)21-8-7-17-12/h2-6,17H,7-8H2,1H3,(H,19,20). The third kappa shape index (κ3) is 2.85. The normalized spacial score (nSPS) is 12.9. The fourth-order valence-electron chi connectivity index (χ4n) is 2.20. The highest BCUT2D eigenvalue weighted by molar-refractivity contribution is 9.10. The molecule has 1 aromatic heterocycles. The molecule has 21 heavy (non-hydrogen) atoms. The maximum atomic E-state index is 12.5. The van der Waals surface area contributed by atoms with Crippen molar-refractivity contribution < 1.29 is 9.53 Å². The van der Waals surface area contributed by atoms with Crippen LogP contribution in [-0.4, -0.2) is 24.0 Å². The summed E-state index contributed by atoms with van der Waals surface area (Å²) in [5, 5.41) is 6.09. The Morgan fingerprint density at radius 2 is 2.24 bits per heavy atom. The number of aromatic nitrogens is 1. The summed E-state index contributed by atoms with van der Waals surface area (Å²) in [4.78, 5) is 16.7. The lowest BCUT2D eigenvalue weighted by Crippen LogP contribution is -2.22. The summed E-state index contributed by atoms with van der Waals surface area (Å²) in [5.74, 6) is 0.395. The van der Waals surface area contributed by atoms with Gasteiger partial charge in [0.25, 0.3) is 5.91 Å². The second-order valence-corrected chi connectivity index (χ2v) is 5.49. The van der Waals surface area contributed by atoms with Crippen LogP contribution in [0.25, 0.3) is 0 Å². The highest BCUT2D eigenvalue weighted by Gasteiger charge is 2.19. The van der Waals surface area contributed by atoms with E-state index in [0.29, 0.717) is 23.6 Å². The minimum Gasteiger partial charge on any atom is -0.489 e. The fraction of sp³-hybridized carbons (Fsp3) is 0.200. The third-order valence-corrected chi connectivity index (χ3v) is 3.67. The number of hydrogen-bond acceptors (Lipinski definition) is 4. The number of para-hydroxylation sites is 1. The van der Waals surface area contributed by atoms with Gasteiger partial charge in [0.15, 0.2) is 5.75 Å². The summed E-state index contributed by atoms with van der Waals surface area (Å²) in [5.41, 5.74) is 2.80. The van der Waals surface area contributed by atoms with Crippen molar-refractivity contribution in [2.24, 2.45) is 0 Å². The van der Waals surface area contributed by atoms with Gasteiger partial charge in [-0.1, -0.05) is 6.07 Å². The highest BCUT2D eigenvalue weighted by atomic mass is 79.9. The first-order valence-electron chi connectivity index (χ1n) is 6.59. The average Bonchev–Trinajstić information content (AvgIpc) is 2.49. The second-order valence-electron chi connectivity index (χ2n) is 4.68. The summed E-state index contributed by atoms with van der Waals surface area (Å²) in [7, 11) is 0. The van der Waals surface area contributed by atoms with Gasteiger partial charge < -0.3 is 15.4 Å². The molecule has 0 atom stereocenters. The summed E-state index contributed by atoms with van der Waals surface area (Å²) in [6.45, 7) is 3.14. The van der Waals surface area contributed by atoms with Crippen LogP contribution in [0.1, 0.15) is 16.1 Å². The highest BCUT2D eigenvalue weighted by Crippen LogP contribution is 2.31. The molecule has 0 saturated carbocycles. The van der Waals surface area contributed by atoms with Crippen LogP contribution < -0.4 is 15.4 Å². The summed E-state index contributed by atoms with van der Waals surface area (Å²) in [6, 6.07) is 9.10. The molecule has 0 fully saturated rings. The molecule has 1 aliphatic heterocycles. The number of benzene rings is 1. The molecule has 2 N–H and O–H groups in total. The maximum Gasteiger partial charge on any atom is 0.259 e. The summed E-state index contributed by atoms with van der Waals surface area (Å²) < 4.78 is 6.35. The SMILES string of the molecule is Cc1nc(Br)ccc1NC(=O)c1cccc2c1OCCN2. The van der Waals surface area contributed by atoms with E-state index >= 15 is 0 Å². The van der Waals surface area contributed by atoms with Gasteiger partial charge in [-0.05, 0) is 47.1 Å². The number of fused-ring (bicyclic) bond motifs is 1.